The van der Waals surface area contributed by atoms with Gasteiger partial charge in [-0.2, -0.15) is 0 Å². The van der Waals surface area contributed by atoms with Crippen LogP contribution in [0.3, 0.4) is 0 Å². The second-order valence-corrected chi connectivity index (χ2v) is 7.15. The van der Waals surface area contributed by atoms with Crippen LogP contribution in [0.15, 0.2) is 60.2 Å². The van der Waals surface area contributed by atoms with Crippen LogP contribution in [0.25, 0.3) is 6.08 Å². The predicted molar refractivity (Wildman–Crippen MR) is 113 cm³/mol. The van der Waals surface area contributed by atoms with Crippen LogP contribution in [0.5, 0.6) is 5.75 Å². The van der Waals surface area contributed by atoms with Crippen LogP contribution in [0, 0.1) is 17.8 Å². The summed E-state index contributed by atoms with van der Waals surface area (Å²) in [5.74, 6) is 7.04. The predicted octanol–water partition coefficient (Wildman–Crippen LogP) is 4.08. The van der Waals surface area contributed by atoms with Crippen molar-refractivity contribution in [2.24, 2.45) is 5.92 Å². The van der Waals surface area contributed by atoms with Gasteiger partial charge >= 0.3 is 0 Å². The molecule has 27 heavy (non-hydrogen) atoms. The SMILES string of the molecule is COc1ccc(C=C(C)C(O)(C#Cc2ccccc2)C(C)CN(C)C)cc1. The van der Waals surface area contributed by atoms with Gasteiger partial charge in [-0.05, 0) is 56.4 Å². The van der Waals surface area contributed by atoms with Gasteiger partial charge in [0.05, 0.1) is 7.11 Å². The molecule has 0 aliphatic rings. The molecular weight excluding hydrogens is 334 g/mol. The Morgan fingerprint density at radius 1 is 1.15 bits per heavy atom. The standard InChI is InChI=1S/C24H29NO2/c1-19(17-22-11-13-23(27-5)14-12-22)24(26,20(2)18-25(3)4)16-15-21-9-7-6-8-10-21/h6-14,17,20,26H,18H2,1-5H3. The van der Waals surface area contributed by atoms with E-state index in [0.29, 0.717) is 0 Å². The molecule has 0 saturated heterocycles. The molecule has 1 N–H and O–H groups in total. The van der Waals surface area contributed by atoms with Crippen LogP contribution in [-0.2, 0) is 0 Å². The minimum absolute atomic E-state index is 0.0572. The Hall–Kier alpha value is -2.54. The van der Waals surface area contributed by atoms with Crippen molar-refractivity contribution in [3.05, 3.63) is 71.3 Å². The number of nitrogens with zero attached hydrogens (tertiary/aromatic N) is 1. The van der Waals surface area contributed by atoms with E-state index in [4.69, 9.17) is 4.74 Å². The van der Waals surface area contributed by atoms with Crippen LogP contribution in [0.1, 0.15) is 25.0 Å². The molecule has 0 aromatic heterocycles. The maximum atomic E-state index is 11.5. The maximum Gasteiger partial charge on any atom is 0.151 e. The Bertz CT molecular complexity index is 813. The summed E-state index contributed by atoms with van der Waals surface area (Å²) in [6.07, 6.45) is 1.99. The first-order valence-electron chi connectivity index (χ1n) is 9.13. The van der Waals surface area contributed by atoms with Crippen molar-refractivity contribution in [3.63, 3.8) is 0 Å². The normalized spacial score (nSPS) is 14.9. The van der Waals surface area contributed by atoms with Gasteiger partial charge in [-0.15, -0.1) is 0 Å². The quantitative estimate of drug-likeness (QED) is 0.785. The van der Waals surface area contributed by atoms with E-state index in [1.165, 1.54) is 0 Å². The van der Waals surface area contributed by atoms with Gasteiger partial charge < -0.3 is 14.7 Å². The highest BCUT2D eigenvalue weighted by molar-refractivity contribution is 5.58. The lowest BCUT2D eigenvalue weighted by Crippen LogP contribution is -2.41. The van der Waals surface area contributed by atoms with E-state index < -0.39 is 5.60 Å². The zero-order valence-corrected chi connectivity index (χ0v) is 16.9. The summed E-state index contributed by atoms with van der Waals surface area (Å²) in [6.45, 7) is 4.70. The van der Waals surface area contributed by atoms with E-state index in [1.807, 2.05) is 88.6 Å². The lowest BCUT2D eigenvalue weighted by molar-refractivity contribution is 0.0683. The number of rotatable bonds is 6. The molecule has 2 rings (SSSR count). The molecule has 0 aliphatic heterocycles. The number of hydrogen-bond donors (Lipinski definition) is 1. The van der Waals surface area contributed by atoms with Crippen LogP contribution in [0.2, 0.25) is 0 Å². The Morgan fingerprint density at radius 2 is 1.78 bits per heavy atom. The van der Waals surface area contributed by atoms with Crippen molar-refractivity contribution in [2.45, 2.75) is 19.4 Å². The van der Waals surface area contributed by atoms with Gasteiger partial charge in [0, 0.05) is 18.0 Å². The lowest BCUT2D eigenvalue weighted by Gasteiger charge is -2.32. The molecule has 0 aliphatic carbocycles. The largest absolute Gasteiger partial charge is 0.497 e. The molecule has 0 amide bonds. The third-order valence-corrected chi connectivity index (χ3v) is 4.62. The minimum atomic E-state index is -1.22. The van der Waals surface area contributed by atoms with E-state index in [9.17, 15) is 5.11 Å². The third kappa shape index (κ3) is 5.72. The van der Waals surface area contributed by atoms with Gasteiger partial charge in [0.15, 0.2) is 5.60 Å². The van der Waals surface area contributed by atoms with Gasteiger partial charge in [-0.3, -0.25) is 0 Å². The fraction of sp³-hybridized carbons (Fsp3) is 0.333. The number of methoxy groups -OCH3 is 1. The molecule has 3 nitrogen and oxygen atoms in total. The van der Waals surface area contributed by atoms with Crippen LogP contribution >= 0.6 is 0 Å². The Morgan fingerprint density at radius 3 is 2.33 bits per heavy atom. The number of benzene rings is 2. The molecule has 0 spiro atoms. The van der Waals surface area contributed by atoms with Crippen molar-refractivity contribution in [2.75, 3.05) is 27.7 Å². The number of hydrogen-bond acceptors (Lipinski definition) is 3. The summed E-state index contributed by atoms with van der Waals surface area (Å²) in [6, 6.07) is 17.5. The minimum Gasteiger partial charge on any atom is -0.497 e. The highest BCUT2D eigenvalue weighted by Gasteiger charge is 2.34. The number of ether oxygens (including phenoxy) is 1. The molecule has 142 valence electrons. The average Bonchev–Trinajstić information content (AvgIpc) is 2.66. The first kappa shape index (κ1) is 20.8. The lowest BCUT2D eigenvalue weighted by atomic mass is 9.81. The topological polar surface area (TPSA) is 32.7 Å². The van der Waals surface area contributed by atoms with Gasteiger partial charge in [0.25, 0.3) is 0 Å². The van der Waals surface area contributed by atoms with E-state index in [0.717, 1.165) is 29.0 Å². The van der Waals surface area contributed by atoms with Crippen molar-refractivity contribution >= 4 is 6.08 Å². The van der Waals surface area contributed by atoms with Gasteiger partial charge in [0.1, 0.15) is 5.75 Å². The van der Waals surface area contributed by atoms with Crippen molar-refractivity contribution in [1.29, 1.82) is 0 Å². The van der Waals surface area contributed by atoms with E-state index in [1.54, 1.807) is 7.11 Å². The van der Waals surface area contributed by atoms with E-state index in [2.05, 4.69) is 16.7 Å². The molecule has 0 saturated carbocycles. The van der Waals surface area contributed by atoms with E-state index >= 15 is 0 Å². The van der Waals surface area contributed by atoms with Crippen LogP contribution in [-0.4, -0.2) is 43.4 Å². The number of aliphatic hydroxyl groups is 1. The second-order valence-electron chi connectivity index (χ2n) is 7.15. The molecule has 3 heteroatoms. The molecule has 2 aromatic carbocycles. The highest BCUT2D eigenvalue weighted by atomic mass is 16.5. The van der Waals surface area contributed by atoms with Gasteiger partial charge in [-0.25, -0.2) is 0 Å². The third-order valence-electron chi connectivity index (χ3n) is 4.62. The molecule has 0 fully saturated rings. The van der Waals surface area contributed by atoms with Crippen LogP contribution in [0.4, 0.5) is 0 Å². The molecule has 0 bridgehead atoms. The van der Waals surface area contributed by atoms with Gasteiger partial charge in [0.2, 0.25) is 0 Å². The molecule has 0 heterocycles. The summed E-state index contributed by atoms with van der Waals surface area (Å²) in [4.78, 5) is 2.07. The van der Waals surface area contributed by atoms with Crippen molar-refractivity contribution in [3.8, 4) is 17.6 Å². The van der Waals surface area contributed by atoms with Crippen molar-refractivity contribution in [1.82, 2.24) is 4.90 Å². The second kappa shape index (κ2) is 9.41. The van der Waals surface area contributed by atoms with Crippen LogP contribution < -0.4 is 4.74 Å². The Labute approximate surface area is 163 Å². The maximum absolute atomic E-state index is 11.5. The summed E-state index contributed by atoms with van der Waals surface area (Å²) in [7, 11) is 5.66. The fourth-order valence-electron chi connectivity index (χ4n) is 3.04. The summed E-state index contributed by atoms with van der Waals surface area (Å²) >= 11 is 0. The molecule has 2 unspecified atom stereocenters. The molecule has 0 radical (unpaired) electrons. The Kier molecular flexibility index (Phi) is 7.24. The summed E-state index contributed by atoms with van der Waals surface area (Å²) in [5.41, 5.74) is 1.50. The van der Waals surface area contributed by atoms with E-state index in [-0.39, 0.29) is 5.92 Å². The fourth-order valence-corrected chi connectivity index (χ4v) is 3.04. The van der Waals surface area contributed by atoms with Gasteiger partial charge in [-0.1, -0.05) is 55.2 Å². The smallest absolute Gasteiger partial charge is 0.151 e. The molecule has 2 atom stereocenters. The Balaban J connectivity index is 2.40. The molecule has 2 aromatic rings. The first-order valence-corrected chi connectivity index (χ1v) is 9.13. The van der Waals surface area contributed by atoms with Crippen molar-refractivity contribution < 1.29 is 9.84 Å². The zero-order chi connectivity index (χ0) is 19.9. The summed E-state index contributed by atoms with van der Waals surface area (Å²) < 4.78 is 5.21. The summed E-state index contributed by atoms with van der Waals surface area (Å²) in [5, 5.41) is 11.5. The first-order chi connectivity index (χ1) is 12.8. The zero-order valence-electron chi connectivity index (χ0n) is 16.9. The average molecular weight is 364 g/mol. The highest BCUT2D eigenvalue weighted by Crippen LogP contribution is 2.28. The monoisotopic (exact) mass is 363 g/mol. The molecular formula is C24H29NO2.